The first-order valence-corrected chi connectivity index (χ1v) is 7.39. The minimum atomic E-state index is -3.02. The molecule has 1 atom stereocenters. The summed E-state index contributed by atoms with van der Waals surface area (Å²) in [6.07, 6.45) is 4.07. The van der Waals surface area contributed by atoms with Crippen molar-refractivity contribution in [3.05, 3.63) is 0 Å². The molecule has 0 fully saturated rings. The zero-order valence-corrected chi connectivity index (χ0v) is 11.1. The quantitative estimate of drug-likeness (QED) is 0.685. The fourth-order valence-corrected chi connectivity index (χ4v) is 2.39. The lowest BCUT2D eigenvalue weighted by Gasteiger charge is -2.20. The summed E-state index contributed by atoms with van der Waals surface area (Å²) in [5.41, 5.74) is 0. The Labute approximate surface area is 94.1 Å². The lowest BCUT2D eigenvalue weighted by atomic mass is 10.2. The van der Waals surface area contributed by atoms with E-state index in [0.717, 1.165) is 19.3 Å². The second kappa shape index (κ2) is 7.19. The van der Waals surface area contributed by atoms with Crippen LogP contribution in [0.2, 0.25) is 0 Å². The number of hydrogen-bond donors (Lipinski definition) is 1. The van der Waals surface area contributed by atoms with Gasteiger partial charge in [-0.2, -0.15) is 0 Å². The molecule has 15 heavy (non-hydrogen) atoms. The molecule has 92 valence electrons. The van der Waals surface area contributed by atoms with Gasteiger partial charge < -0.3 is 5.32 Å². The van der Waals surface area contributed by atoms with Crippen LogP contribution in [-0.4, -0.2) is 45.2 Å². The van der Waals surface area contributed by atoms with Gasteiger partial charge in [0.1, 0.15) is 0 Å². The summed E-state index contributed by atoms with van der Waals surface area (Å²) in [6, 6.07) is 0.452. The Hall–Kier alpha value is -0.130. The molecular formula is C10H24N2O2S. The molecule has 0 aromatic carbocycles. The van der Waals surface area contributed by atoms with Crippen molar-refractivity contribution in [3.8, 4) is 0 Å². The largest absolute Gasteiger partial charge is 0.317 e. The Kier molecular flexibility index (Phi) is 7.13. The predicted molar refractivity (Wildman–Crippen MR) is 64.5 cm³/mol. The fourth-order valence-electron chi connectivity index (χ4n) is 1.41. The van der Waals surface area contributed by atoms with E-state index in [1.807, 2.05) is 14.0 Å². The summed E-state index contributed by atoms with van der Waals surface area (Å²) in [5.74, 6) is 0. The van der Waals surface area contributed by atoms with Crippen molar-refractivity contribution in [1.29, 1.82) is 0 Å². The Morgan fingerprint density at radius 2 is 1.93 bits per heavy atom. The predicted octanol–water partition coefficient (Wildman–Crippen LogP) is 1.05. The molecular weight excluding hydrogens is 212 g/mol. The van der Waals surface area contributed by atoms with Crippen LogP contribution < -0.4 is 5.32 Å². The van der Waals surface area contributed by atoms with Gasteiger partial charge in [0.05, 0.1) is 6.26 Å². The normalized spacial score (nSPS) is 14.5. The van der Waals surface area contributed by atoms with Crippen molar-refractivity contribution in [2.45, 2.75) is 39.2 Å². The minimum Gasteiger partial charge on any atom is -0.317 e. The van der Waals surface area contributed by atoms with Crippen LogP contribution in [0.25, 0.3) is 0 Å². The molecule has 5 heteroatoms. The Morgan fingerprint density at radius 3 is 2.33 bits per heavy atom. The second-order valence-electron chi connectivity index (χ2n) is 3.99. The van der Waals surface area contributed by atoms with Gasteiger partial charge in [-0.25, -0.2) is 12.7 Å². The monoisotopic (exact) mass is 236 g/mol. The summed E-state index contributed by atoms with van der Waals surface area (Å²) in [7, 11) is -1.10. The van der Waals surface area contributed by atoms with Gasteiger partial charge in [0.15, 0.2) is 0 Å². The lowest BCUT2D eigenvalue weighted by molar-refractivity contribution is 0.391. The summed E-state index contributed by atoms with van der Waals surface area (Å²) < 4.78 is 24.3. The van der Waals surface area contributed by atoms with E-state index in [2.05, 4.69) is 12.2 Å². The van der Waals surface area contributed by atoms with E-state index in [1.165, 1.54) is 6.26 Å². The maximum atomic E-state index is 11.4. The highest BCUT2D eigenvalue weighted by Crippen LogP contribution is 2.04. The minimum absolute atomic E-state index is 0.452. The number of hydrogen-bond acceptors (Lipinski definition) is 3. The molecule has 0 radical (unpaired) electrons. The molecule has 0 aromatic rings. The zero-order valence-electron chi connectivity index (χ0n) is 10.3. The van der Waals surface area contributed by atoms with Crippen molar-refractivity contribution in [2.24, 2.45) is 0 Å². The van der Waals surface area contributed by atoms with Gasteiger partial charge in [-0.1, -0.05) is 6.92 Å². The number of rotatable bonds is 8. The van der Waals surface area contributed by atoms with E-state index in [9.17, 15) is 8.42 Å². The number of nitrogens with zero attached hydrogens (tertiary/aromatic N) is 1. The van der Waals surface area contributed by atoms with Gasteiger partial charge in [-0.05, 0) is 33.2 Å². The van der Waals surface area contributed by atoms with Gasteiger partial charge in [0.25, 0.3) is 0 Å². The molecule has 4 nitrogen and oxygen atoms in total. The van der Waals surface area contributed by atoms with Crippen molar-refractivity contribution < 1.29 is 8.42 Å². The highest BCUT2D eigenvalue weighted by Gasteiger charge is 2.14. The number of nitrogens with one attached hydrogen (secondary N) is 1. The smallest absolute Gasteiger partial charge is 0.211 e. The maximum Gasteiger partial charge on any atom is 0.211 e. The van der Waals surface area contributed by atoms with Crippen molar-refractivity contribution in [2.75, 3.05) is 26.4 Å². The Balaban J connectivity index is 3.98. The molecule has 0 aliphatic carbocycles. The highest BCUT2D eigenvalue weighted by molar-refractivity contribution is 7.88. The standard InChI is InChI=1S/C10H24N2O2S/c1-5-8-12(15(4,13)14)9-6-7-10(2)11-3/h10-11H,5-9H2,1-4H3. The van der Waals surface area contributed by atoms with Crippen molar-refractivity contribution >= 4 is 10.0 Å². The van der Waals surface area contributed by atoms with Crippen LogP contribution in [-0.2, 0) is 10.0 Å². The second-order valence-corrected chi connectivity index (χ2v) is 5.98. The Morgan fingerprint density at radius 1 is 1.33 bits per heavy atom. The molecule has 0 rings (SSSR count). The van der Waals surface area contributed by atoms with E-state index in [-0.39, 0.29) is 0 Å². The van der Waals surface area contributed by atoms with Crippen LogP contribution in [0.5, 0.6) is 0 Å². The number of sulfonamides is 1. The van der Waals surface area contributed by atoms with E-state index in [0.29, 0.717) is 19.1 Å². The van der Waals surface area contributed by atoms with Gasteiger partial charge in [0.2, 0.25) is 10.0 Å². The van der Waals surface area contributed by atoms with Crippen LogP contribution in [0.15, 0.2) is 0 Å². The third kappa shape index (κ3) is 6.87. The van der Waals surface area contributed by atoms with Gasteiger partial charge in [0, 0.05) is 19.1 Å². The molecule has 0 heterocycles. The van der Waals surface area contributed by atoms with Crippen molar-refractivity contribution in [1.82, 2.24) is 9.62 Å². The van der Waals surface area contributed by atoms with Gasteiger partial charge in [-0.3, -0.25) is 0 Å². The average molecular weight is 236 g/mol. The lowest BCUT2D eigenvalue weighted by Crippen LogP contribution is -2.32. The van der Waals surface area contributed by atoms with E-state index in [4.69, 9.17) is 0 Å². The molecule has 0 saturated carbocycles. The molecule has 0 spiro atoms. The first-order valence-electron chi connectivity index (χ1n) is 5.54. The van der Waals surface area contributed by atoms with Gasteiger partial charge in [-0.15, -0.1) is 0 Å². The third-order valence-electron chi connectivity index (χ3n) is 2.48. The van der Waals surface area contributed by atoms with Gasteiger partial charge >= 0.3 is 0 Å². The van der Waals surface area contributed by atoms with E-state index in [1.54, 1.807) is 4.31 Å². The zero-order chi connectivity index (χ0) is 11.9. The third-order valence-corrected chi connectivity index (χ3v) is 3.78. The van der Waals surface area contributed by atoms with E-state index < -0.39 is 10.0 Å². The topological polar surface area (TPSA) is 49.4 Å². The summed E-state index contributed by atoms with van der Waals surface area (Å²) in [5, 5.41) is 3.14. The molecule has 1 unspecified atom stereocenters. The SMILES string of the molecule is CCCN(CCCC(C)NC)S(C)(=O)=O. The van der Waals surface area contributed by atoms with Crippen LogP contribution in [0.1, 0.15) is 33.1 Å². The molecule has 0 aromatic heterocycles. The molecule has 0 aliphatic rings. The summed E-state index contributed by atoms with van der Waals surface area (Å²) in [6.45, 7) is 5.37. The summed E-state index contributed by atoms with van der Waals surface area (Å²) in [4.78, 5) is 0. The van der Waals surface area contributed by atoms with E-state index >= 15 is 0 Å². The first kappa shape index (κ1) is 14.9. The summed E-state index contributed by atoms with van der Waals surface area (Å²) >= 11 is 0. The molecule has 1 N–H and O–H groups in total. The Bertz CT molecular complexity index is 252. The molecule has 0 bridgehead atoms. The van der Waals surface area contributed by atoms with Crippen LogP contribution in [0.3, 0.4) is 0 Å². The molecule has 0 aliphatic heterocycles. The average Bonchev–Trinajstić information content (AvgIpc) is 2.14. The van der Waals surface area contributed by atoms with Crippen LogP contribution >= 0.6 is 0 Å². The maximum absolute atomic E-state index is 11.4. The highest BCUT2D eigenvalue weighted by atomic mass is 32.2. The molecule has 0 saturated heterocycles. The first-order chi connectivity index (χ1) is 6.91. The van der Waals surface area contributed by atoms with Crippen molar-refractivity contribution in [3.63, 3.8) is 0 Å². The molecule has 0 amide bonds. The fraction of sp³-hybridized carbons (Fsp3) is 1.00. The van der Waals surface area contributed by atoms with Crippen LogP contribution in [0, 0.1) is 0 Å². The van der Waals surface area contributed by atoms with Crippen LogP contribution in [0.4, 0.5) is 0 Å².